The van der Waals surface area contributed by atoms with Crippen LogP contribution in [-0.4, -0.2) is 0 Å². The first-order valence-electron chi connectivity index (χ1n) is 7.33. The fourth-order valence-electron chi connectivity index (χ4n) is 2.28. The molecule has 128 valence electrons. The van der Waals surface area contributed by atoms with E-state index in [9.17, 15) is 13.2 Å². The molecule has 0 unspecified atom stereocenters. The minimum absolute atomic E-state index is 0.127. The number of hydrogen-bond acceptors (Lipinski definition) is 2. The second-order valence-corrected chi connectivity index (χ2v) is 6.63. The number of nitrogens with two attached hydrogens (primary N) is 1. The van der Waals surface area contributed by atoms with Crippen molar-refractivity contribution in [2.45, 2.75) is 6.11 Å². The second-order valence-electron chi connectivity index (χ2n) is 5.39. The van der Waals surface area contributed by atoms with Crippen LogP contribution >= 0.6 is 22.6 Å². The van der Waals surface area contributed by atoms with Gasteiger partial charge in [0, 0.05) is 9.64 Å². The van der Waals surface area contributed by atoms with E-state index in [1.54, 1.807) is 12.1 Å². The number of nitrogen functional groups attached to an aromatic ring is 1. The third-order valence-electron chi connectivity index (χ3n) is 3.62. The highest BCUT2D eigenvalue weighted by Crippen LogP contribution is 2.33. The molecule has 0 saturated carbocycles. The van der Waals surface area contributed by atoms with Crippen LogP contribution in [0.4, 0.5) is 18.9 Å². The third kappa shape index (κ3) is 4.07. The van der Waals surface area contributed by atoms with Gasteiger partial charge in [-0.25, -0.2) is 4.39 Å². The van der Waals surface area contributed by atoms with Gasteiger partial charge in [0.05, 0.1) is 11.3 Å². The Morgan fingerprint density at radius 1 is 0.840 bits per heavy atom. The number of ether oxygens (including phenoxy) is 1. The van der Waals surface area contributed by atoms with E-state index in [1.807, 2.05) is 24.3 Å². The highest BCUT2D eigenvalue weighted by Gasteiger charge is 2.34. The second kappa shape index (κ2) is 6.95. The van der Waals surface area contributed by atoms with Gasteiger partial charge in [-0.2, -0.15) is 8.78 Å². The lowest BCUT2D eigenvalue weighted by molar-refractivity contribution is -0.185. The number of benzene rings is 3. The van der Waals surface area contributed by atoms with E-state index in [1.165, 1.54) is 24.3 Å². The predicted molar refractivity (Wildman–Crippen MR) is 99.9 cm³/mol. The Balaban J connectivity index is 1.82. The standard InChI is InChI=1S/C19H13F3INO/c20-17-11-16(9-10-18(17)24)25-19(21,22)14-5-1-12(2-6-14)13-3-7-15(23)8-4-13/h1-11H,24H2. The molecule has 2 N–H and O–H groups in total. The normalized spacial score (nSPS) is 11.4. The van der Waals surface area contributed by atoms with E-state index in [0.717, 1.165) is 20.8 Å². The quantitative estimate of drug-likeness (QED) is 0.398. The average Bonchev–Trinajstić information content (AvgIpc) is 2.59. The summed E-state index contributed by atoms with van der Waals surface area (Å²) in [7, 11) is 0. The minimum atomic E-state index is -3.59. The molecule has 0 fully saturated rings. The van der Waals surface area contributed by atoms with Gasteiger partial charge in [-0.15, -0.1) is 0 Å². The molecule has 6 heteroatoms. The van der Waals surface area contributed by atoms with E-state index < -0.39 is 11.9 Å². The number of halogens is 4. The molecule has 3 aromatic rings. The van der Waals surface area contributed by atoms with Crippen molar-refractivity contribution in [3.8, 4) is 16.9 Å². The van der Waals surface area contributed by atoms with Crippen LogP contribution in [-0.2, 0) is 6.11 Å². The zero-order chi connectivity index (χ0) is 18.0. The van der Waals surface area contributed by atoms with Crippen molar-refractivity contribution in [3.05, 3.63) is 81.7 Å². The SMILES string of the molecule is Nc1ccc(OC(F)(F)c2ccc(-c3ccc(I)cc3)cc2)cc1F. The fraction of sp³-hybridized carbons (Fsp3) is 0.0526. The van der Waals surface area contributed by atoms with Crippen molar-refractivity contribution in [2.75, 3.05) is 5.73 Å². The maximum absolute atomic E-state index is 14.3. The highest BCUT2D eigenvalue weighted by molar-refractivity contribution is 14.1. The molecule has 0 heterocycles. The van der Waals surface area contributed by atoms with Crippen molar-refractivity contribution >= 4 is 28.3 Å². The Labute approximate surface area is 156 Å². The highest BCUT2D eigenvalue weighted by atomic mass is 127. The molecule has 0 bridgehead atoms. The van der Waals surface area contributed by atoms with Gasteiger partial charge in [0.1, 0.15) is 11.6 Å². The van der Waals surface area contributed by atoms with E-state index in [4.69, 9.17) is 5.73 Å². The zero-order valence-corrected chi connectivity index (χ0v) is 15.0. The van der Waals surface area contributed by atoms with Crippen molar-refractivity contribution in [2.24, 2.45) is 0 Å². The molecular weight excluding hydrogens is 442 g/mol. The molecule has 0 radical (unpaired) electrons. The van der Waals surface area contributed by atoms with Crippen LogP contribution in [0.25, 0.3) is 11.1 Å². The monoisotopic (exact) mass is 455 g/mol. The molecule has 0 aromatic heterocycles. The summed E-state index contributed by atoms with van der Waals surface area (Å²) in [6.45, 7) is 0. The lowest BCUT2D eigenvalue weighted by Gasteiger charge is -2.19. The summed E-state index contributed by atoms with van der Waals surface area (Å²) in [5, 5.41) is 0. The van der Waals surface area contributed by atoms with Crippen LogP contribution in [0.1, 0.15) is 5.56 Å². The van der Waals surface area contributed by atoms with Gasteiger partial charge >= 0.3 is 6.11 Å². The summed E-state index contributed by atoms with van der Waals surface area (Å²) in [5.41, 5.74) is 6.62. The zero-order valence-electron chi connectivity index (χ0n) is 12.8. The Hall–Kier alpha value is -2.22. The molecule has 0 aliphatic carbocycles. The summed E-state index contributed by atoms with van der Waals surface area (Å²) in [6.07, 6.45) is -3.59. The molecule has 3 aromatic carbocycles. The van der Waals surface area contributed by atoms with E-state index in [0.29, 0.717) is 0 Å². The number of hydrogen-bond donors (Lipinski definition) is 1. The third-order valence-corrected chi connectivity index (χ3v) is 4.34. The van der Waals surface area contributed by atoms with Gasteiger partial charge in [-0.05, 0) is 70.1 Å². The van der Waals surface area contributed by atoms with Crippen molar-refractivity contribution < 1.29 is 17.9 Å². The topological polar surface area (TPSA) is 35.2 Å². The predicted octanol–water partition coefficient (Wildman–Crippen LogP) is 5.81. The minimum Gasteiger partial charge on any atom is -0.429 e. The summed E-state index contributed by atoms with van der Waals surface area (Å²) < 4.78 is 47.7. The van der Waals surface area contributed by atoms with Gasteiger partial charge < -0.3 is 10.5 Å². The van der Waals surface area contributed by atoms with E-state index in [-0.39, 0.29) is 17.0 Å². The van der Waals surface area contributed by atoms with Gasteiger partial charge in [-0.3, -0.25) is 0 Å². The van der Waals surface area contributed by atoms with Gasteiger partial charge in [-0.1, -0.05) is 24.3 Å². The van der Waals surface area contributed by atoms with Crippen molar-refractivity contribution in [1.82, 2.24) is 0 Å². The van der Waals surface area contributed by atoms with Crippen LogP contribution in [0.15, 0.2) is 66.7 Å². The molecule has 0 aliphatic rings. The molecule has 3 rings (SSSR count). The van der Waals surface area contributed by atoms with E-state index >= 15 is 0 Å². The molecule has 0 spiro atoms. The lowest BCUT2D eigenvalue weighted by Crippen LogP contribution is -2.21. The van der Waals surface area contributed by atoms with Gasteiger partial charge in [0.15, 0.2) is 0 Å². The molecule has 25 heavy (non-hydrogen) atoms. The van der Waals surface area contributed by atoms with Crippen molar-refractivity contribution in [3.63, 3.8) is 0 Å². The first kappa shape index (κ1) is 17.6. The maximum atomic E-state index is 14.3. The Morgan fingerprint density at radius 2 is 1.40 bits per heavy atom. The average molecular weight is 455 g/mol. The molecule has 0 saturated heterocycles. The number of anilines is 1. The molecule has 0 amide bonds. The first-order valence-corrected chi connectivity index (χ1v) is 8.41. The number of alkyl halides is 2. The van der Waals surface area contributed by atoms with Crippen LogP contribution in [0.3, 0.4) is 0 Å². The van der Waals surface area contributed by atoms with Crippen LogP contribution in [0.5, 0.6) is 5.75 Å². The summed E-state index contributed by atoms with van der Waals surface area (Å²) in [5.74, 6) is -1.10. The Bertz CT molecular complexity index is 880. The fourth-order valence-corrected chi connectivity index (χ4v) is 2.64. The van der Waals surface area contributed by atoms with Crippen molar-refractivity contribution in [1.29, 1.82) is 0 Å². The van der Waals surface area contributed by atoms with Crippen LogP contribution in [0, 0.1) is 9.39 Å². The van der Waals surface area contributed by atoms with Gasteiger partial charge in [0.2, 0.25) is 0 Å². The smallest absolute Gasteiger partial charge is 0.426 e. The largest absolute Gasteiger partial charge is 0.429 e. The summed E-state index contributed by atoms with van der Waals surface area (Å²) in [6, 6.07) is 16.7. The Morgan fingerprint density at radius 3 is 1.96 bits per heavy atom. The lowest BCUT2D eigenvalue weighted by atomic mass is 10.0. The Kier molecular flexibility index (Phi) is 4.89. The summed E-state index contributed by atoms with van der Waals surface area (Å²) in [4.78, 5) is 0. The molecule has 0 atom stereocenters. The van der Waals surface area contributed by atoms with Crippen LogP contribution < -0.4 is 10.5 Å². The molecule has 0 aliphatic heterocycles. The first-order chi connectivity index (χ1) is 11.8. The van der Waals surface area contributed by atoms with E-state index in [2.05, 4.69) is 27.3 Å². The summed E-state index contributed by atoms with van der Waals surface area (Å²) >= 11 is 2.20. The van der Waals surface area contributed by atoms with Gasteiger partial charge in [0.25, 0.3) is 0 Å². The molecule has 2 nitrogen and oxygen atoms in total. The maximum Gasteiger partial charge on any atom is 0.426 e. The van der Waals surface area contributed by atoms with Crippen LogP contribution in [0.2, 0.25) is 0 Å². The number of rotatable bonds is 4. The molecular formula is C19H13F3INO.